The first-order valence-electron chi connectivity index (χ1n) is 12.5. The fourth-order valence-corrected chi connectivity index (χ4v) is 4.99. The number of nitrogens with one attached hydrogen (secondary N) is 1. The molecule has 1 fully saturated rings. The van der Waals surface area contributed by atoms with Crippen molar-refractivity contribution < 1.29 is 4.79 Å². The molecule has 34 heavy (non-hydrogen) atoms. The van der Waals surface area contributed by atoms with E-state index >= 15 is 0 Å². The van der Waals surface area contributed by atoms with Crippen molar-refractivity contribution >= 4 is 28.3 Å². The van der Waals surface area contributed by atoms with Crippen LogP contribution < -0.4 is 10.2 Å². The monoisotopic (exact) mass is 462 g/mol. The van der Waals surface area contributed by atoms with Crippen molar-refractivity contribution in [2.45, 2.75) is 60.4 Å². The molecule has 3 aromatic rings. The van der Waals surface area contributed by atoms with Crippen LogP contribution in [0, 0.1) is 20.8 Å². The maximum Gasteiger partial charge on any atom is 0.224 e. The molecule has 7 nitrogen and oxygen atoms in total. The summed E-state index contributed by atoms with van der Waals surface area (Å²) in [6, 6.07) is 6.52. The Kier molecular flexibility index (Phi) is 7.22. The molecule has 0 atom stereocenters. The van der Waals surface area contributed by atoms with Gasteiger partial charge in [-0.2, -0.15) is 5.10 Å². The molecule has 0 bridgehead atoms. The molecule has 1 amide bonds. The number of hydrogen-bond acceptors (Lipinski definition) is 5. The van der Waals surface area contributed by atoms with Crippen LogP contribution in [0.4, 0.5) is 11.4 Å². The molecule has 182 valence electrons. The molecule has 1 aliphatic rings. The van der Waals surface area contributed by atoms with Gasteiger partial charge in [-0.05, 0) is 82.5 Å². The van der Waals surface area contributed by atoms with Crippen molar-refractivity contribution in [1.29, 1.82) is 0 Å². The molecule has 3 heterocycles. The van der Waals surface area contributed by atoms with Crippen molar-refractivity contribution in [3.63, 3.8) is 0 Å². The predicted molar refractivity (Wildman–Crippen MR) is 140 cm³/mol. The number of benzene rings is 1. The lowest BCUT2D eigenvalue weighted by Gasteiger charge is -2.36. The summed E-state index contributed by atoms with van der Waals surface area (Å²) >= 11 is 0. The van der Waals surface area contributed by atoms with E-state index < -0.39 is 0 Å². The van der Waals surface area contributed by atoms with Crippen LogP contribution in [0.5, 0.6) is 0 Å². The van der Waals surface area contributed by atoms with Crippen LogP contribution >= 0.6 is 0 Å². The minimum absolute atomic E-state index is 0.0282. The number of carbonyl (C=O) groups is 1. The van der Waals surface area contributed by atoms with Crippen LogP contribution in [-0.2, 0) is 11.2 Å². The highest BCUT2D eigenvalue weighted by atomic mass is 16.1. The number of fused-ring (bicyclic) bond motifs is 1. The molecule has 0 saturated carbocycles. The standard InChI is InChI=1S/C27H38N6O/c1-7-31-12-14-32(15-13-31)25-10-8-22(16-19(25)4)30-26(34)11-9-23-20(5)24-17-28-33(18(2)3)27(24)29-21(23)6/h8,10,16-18H,7,9,11-15H2,1-6H3,(H,30,34). The van der Waals surface area contributed by atoms with E-state index in [1.165, 1.54) is 16.8 Å². The van der Waals surface area contributed by atoms with Gasteiger partial charge in [0.05, 0.1) is 6.20 Å². The van der Waals surface area contributed by atoms with E-state index in [0.29, 0.717) is 12.8 Å². The highest BCUT2D eigenvalue weighted by Gasteiger charge is 2.18. The summed E-state index contributed by atoms with van der Waals surface area (Å²) < 4.78 is 1.96. The van der Waals surface area contributed by atoms with Crippen LogP contribution in [0.15, 0.2) is 24.4 Å². The lowest BCUT2D eigenvalue weighted by Crippen LogP contribution is -2.46. The quantitative estimate of drug-likeness (QED) is 0.554. The smallest absolute Gasteiger partial charge is 0.224 e. The van der Waals surface area contributed by atoms with E-state index in [1.807, 2.05) is 23.9 Å². The minimum Gasteiger partial charge on any atom is -0.369 e. The first-order chi connectivity index (χ1) is 16.3. The number of aryl methyl sites for hydroxylation is 3. The maximum absolute atomic E-state index is 12.8. The van der Waals surface area contributed by atoms with Gasteiger partial charge in [-0.25, -0.2) is 9.67 Å². The van der Waals surface area contributed by atoms with Crippen molar-refractivity contribution in [1.82, 2.24) is 19.7 Å². The lowest BCUT2D eigenvalue weighted by molar-refractivity contribution is -0.116. The van der Waals surface area contributed by atoms with E-state index in [9.17, 15) is 4.79 Å². The summed E-state index contributed by atoms with van der Waals surface area (Å²) in [6.07, 6.45) is 2.98. The van der Waals surface area contributed by atoms with Crippen LogP contribution in [0.1, 0.15) is 55.6 Å². The molecule has 7 heteroatoms. The molecule has 1 aromatic carbocycles. The van der Waals surface area contributed by atoms with Gasteiger partial charge in [-0.1, -0.05) is 6.92 Å². The van der Waals surface area contributed by atoms with E-state index in [-0.39, 0.29) is 11.9 Å². The zero-order valence-corrected chi connectivity index (χ0v) is 21.5. The average molecular weight is 463 g/mol. The third-order valence-electron chi connectivity index (χ3n) is 7.07. The first kappa shape index (κ1) is 24.2. The number of pyridine rings is 1. The molecular formula is C27H38N6O. The second-order valence-corrected chi connectivity index (χ2v) is 9.69. The third-order valence-corrected chi connectivity index (χ3v) is 7.07. The second-order valence-electron chi connectivity index (χ2n) is 9.69. The number of anilines is 2. The van der Waals surface area contributed by atoms with Crippen molar-refractivity contribution in [3.05, 3.63) is 46.8 Å². The zero-order chi connectivity index (χ0) is 24.4. The highest BCUT2D eigenvalue weighted by molar-refractivity contribution is 5.91. The number of rotatable bonds is 7. The number of carbonyl (C=O) groups excluding carboxylic acids is 1. The Balaban J connectivity index is 1.40. The molecule has 0 aliphatic carbocycles. The molecule has 1 aliphatic heterocycles. The van der Waals surface area contributed by atoms with Gasteiger partial charge in [0.1, 0.15) is 0 Å². The molecule has 1 N–H and O–H groups in total. The number of likely N-dealkylation sites (N-methyl/N-ethyl adjacent to an activating group) is 1. The normalized spacial score (nSPS) is 14.9. The summed E-state index contributed by atoms with van der Waals surface area (Å²) in [5.74, 6) is 0.0282. The third kappa shape index (κ3) is 4.94. The van der Waals surface area contributed by atoms with E-state index in [4.69, 9.17) is 4.98 Å². The lowest BCUT2D eigenvalue weighted by atomic mass is 10.0. The van der Waals surface area contributed by atoms with Crippen LogP contribution in [0.3, 0.4) is 0 Å². The predicted octanol–water partition coefficient (Wildman–Crippen LogP) is 4.65. The maximum atomic E-state index is 12.8. The fourth-order valence-electron chi connectivity index (χ4n) is 4.99. The number of piperazine rings is 1. The van der Waals surface area contributed by atoms with Crippen molar-refractivity contribution in [2.75, 3.05) is 42.9 Å². The summed E-state index contributed by atoms with van der Waals surface area (Å²) in [4.78, 5) is 22.5. The highest BCUT2D eigenvalue weighted by Crippen LogP contribution is 2.27. The number of hydrogen-bond donors (Lipinski definition) is 1. The van der Waals surface area contributed by atoms with Crippen LogP contribution in [0.2, 0.25) is 0 Å². The molecular weight excluding hydrogens is 424 g/mol. The zero-order valence-electron chi connectivity index (χ0n) is 21.5. The number of nitrogens with zero attached hydrogens (tertiary/aromatic N) is 5. The van der Waals surface area contributed by atoms with E-state index in [2.05, 4.69) is 67.0 Å². The van der Waals surface area contributed by atoms with Gasteiger partial charge >= 0.3 is 0 Å². The number of aromatic nitrogens is 3. The first-order valence-corrected chi connectivity index (χ1v) is 12.5. The Labute approximate surface area is 203 Å². The Morgan fingerprint density at radius 2 is 1.85 bits per heavy atom. The minimum atomic E-state index is 0.0282. The summed E-state index contributed by atoms with van der Waals surface area (Å²) in [5, 5.41) is 8.68. The van der Waals surface area contributed by atoms with Crippen LogP contribution in [0.25, 0.3) is 11.0 Å². The van der Waals surface area contributed by atoms with Gasteiger partial charge in [-0.3, -0.25) is 4.79 Å². The molecule has 0 spiro atoms. The van der Waals surface area contributed by atoms with E-state index in [0.717, 1.165) is 60.7 Å². The number of amides is 1. The summed E-state index contributed by atoms with van der Waals surface area (Å²) in [6.45, 7) is 18.1. The Morgan fingerprint density at radius 3 is 2.50 bits per heavy atom. The fraction of sp³-hybridized carbons (Fsp3) is 0.519. The summed E-state index contributed by atoms with van der Waals surface area (Å²) in [7, 11) is 0. The molecule has 2 aromatic heterocycles. The Hall–Kier alpha value is -2.93. The topological polar surface area (TPSA) is 66.3 Å². The van der Waals surface area contributed by atoms with Crippen molar-refractivity contribution in [2.24, 2.45) is 0 Å². The van der Waals surface area contributed by atoms with Gasteiger partial charge in [0.15, 0.2) is 5.65 Å². The van der Waals surface area contributed by atoms with E-state index in [1.54, 1.807) is 0 Å². The average Bonchev–Trinajstić information content (AvgIpc) is 3.23. The van der Waals surface area contributed by atoms with Gasteiger partial charge in [0.25, 0.3) is 0 Å². The second kappa shape index (κ2) is 10.1. The van der Waals surface area contributed by atoms with Gasteiger partial charge in [0.2, 0.25) is 5.91 Å². The van der Waals surface area contributed by atoms with Gasteiger partial charge in [0, 0.05) is 61.1 Å². The molecule has 4 rings (SSSR count). The van der Waals surface area contributed by atoms with Gasteiger partial charge in [-0.15, -0.1) is 0 Å². The van der Waals surface area contributed by atoms with Crippen LogP contribution in [-0.4, -0.2) is 58.3 Å². The van der Waals surface area contributed by atoms with Gasteiger partial charge < -0.3 is 15.1 Å². The Bertz CT molecular complexity index is 1170. The molecule has 0 radical (unpaired) electrons. The molecule has 1 saturated heterocycles. The summed E-state index contributed by atoms with van der Waals surface area (Å²) in [5.41, 5.74) is 7.54. The van der Waals surface area contributed by atoms with Crippen molar-refractivity contribution in [3.8, 4) is 0 Å². The SMILES string of the molecule is CCN1CCN(c2ccc(NC(=O)CCc3c(C)nc4c(cnn4C(C)C)c3C)cc2C)CC1. The largest absolute Gasteiger partial charge is 0.369 e. The molecule has 0 unspecified atom stereocenters. The Morgan fingerprint density at radius 1 is 1.12 bits per heavy atom.